The van der Waals surface area contributed by atoms with E-state index >= 15 is 0 Å². The van der Waals surface area contributed by atoms with Gasteiger partial charge in [-0.05, 0) is 31.2 Å². The van der Waals surface area contributed by atoms with Crippen molar-refractivity contribution < 1.29 is 38.9 Å². The lowest BCUT2D eigenvalue weighted by Gasteiger charge is -1.88. The number of halogens is 5. The summed E-state index contributed by atoms with van der Waals surface area (Å²) >= 11 is 0.0159. The van der Waals surface area contributed by atoms with Gasteiger partial charge in [-0.2, -0.15) is 0 Å². The van der Waals surface area contributed by atoms with E-state index in [1.165, 1.54) is 12.7 Å². The predicted octanol–water partition coefficient (Wildman–Crippen LogP) is -1.99. The average molecular weight is 382 g/mol. The van der Waals surface area contributed by atoms with Gasteiger partial charge in [0.25, 0.3) is 0 Å². The first-order chi connectivity index (χ1) is 8.58. The molecule has 0 aliphatic rings. The highest BCUT2D eigenvalue weighted by Crippen LogP contribution is 1.93. The number of rotatable bonds is 2. The third-order valence-corrected chi connectivity index (χ3v) is 4.65. The predicted molar refractivity (Wildman–Crippen MR) is 64.1 cm³/mol. The van der Waals surface area contributed by atoms with Gasteiger partial charge in [0, 0.05) is 0 Å². The molecule has 0 saturated heterocycles. The molecule has 0 unspecified atom stereocenters. The van der Waals surface area contributed by atoms with Crippen molar-refractivity contribution in [1.29, 1.82) is 0 Å². The lowest BCUT2D eigenvalue weighted by atomic mass is 10.2. The van der Waals surface area contributed by atoms with E-state index in [0.29, 0.717) is 0 Å². The minimum absolute atomic E-state index is 0. The lowest BCUT2D eigenvalue weighted by molar-refractivity contribution is -0.597. The van der Waals surface area contributed by atoms with Gasteiger partial charge in [0.2, 0.25) is 0 Å². The van der Waals surface area contributed by atoms with Crippen LogP contribution in [0.5, 0.6) is 0 Å². The maximum atomic E-state index is 9.67. The summed E-state index contributed by atoms with van der Waals surface area (Å²) in [4.78, 5) is 0. The standard InChI is InChI=1S/C13H12I.BF3.FH/c1-11-7-9-13(10-8-11)14-12-5-3-2-4-6-12;2-1(3)4;/h2-10H,1H3;;1H/q+1;;/p-1. The van der Waals surface area contributed by atoms with Crippen LogP contribution in [0.2, 0.25) is 0 Å². The summed E-state index contributed by atoms with van der Waals surface area (Å²) in [6.07, 6.45) is 0. The van der Waals surface area contributed by atoms with Gasteiger partial charge in [-0.15, -0.1) is 0 Å². The second-order valence-electron chi connectivity index (χ2n) is 3.43. The number of aryl methyl sites for hydroxylation is 1. The molecule has 102 valence electrons. The second kappa shape index (κ2) is 9.83. The van der Waals surface area contributed by atoms with Crippen molar-refractivity contribution in [3.8, 4) is 0 Å². The maximum absolute atomic E-state index is 9.67. The molecule has 2 aromatic carbocycles. The van der Waals surface area contributed by atoms with Crippen LogP contribution in [0.3, 0.4) is 0 Å². The van der Waals surface area contributed by atoms with E-state index in [-0.39, 0.29) is 25.9 Å². The zero-order valence-corrected chi connectivity index (χ0v) is 12.3. The van der Waals surface area contributed by atoms with Gasteiger partial charge in [-0.1, -0.05) is 35.9 Å². The Morgan fingerprint density at radius 2 is 1.21 bits per heavy atom. The highest BCUT2D eigenvalue weighted by Gasteiger charge is 2.13. The Kier molecular flexibility index (Phi) is 9.29. The second-order valence-corrected chi connectivity index (χ2v) is 6.46. The fourth-order valence-electron chi connectivity index (χ4n) is 1.20. The summed E-state index contributed by atoms with van der Waals surface area (Å²) in [6, 6.07) is 19.6. The topological polar surface area (TPSA) is 0 Å². The van der Waals surface area contributed by atoms with Crippen LogP contribution in [0.4, 0.5) is 12.9 Å². The van der Waals surface area contributed by atoms with Crippen molar-refractivity contribution in [1.82, 2.24) is 0 Å². The molecule has 0 nitrogen and oxygen atoms in total. The Labute approximate surface area is 120 Å². The van der Waals surface area contributed by atoms with E-state index < -0.39 is 7.54 Å². The Balaban J connectivity index is 0.000000576. The SMILES string of the molecule is Cc1ccc([I+]c2ccccc2)cc1.FB(F)F.[F-]. The van der Waals surface area contributed by atoms with Crippen LogP contribution >= 0.6 is 0 Å². The summed E-state index contributed by atoms with van der Waals surface area (Å²) in [6.45, 7) is 2.13. The van der Waals surface area contributed by atoms with Crippen molar-refractivity contribution in [2.75, 3.05) is 0 Å². The first kappa shape index (κ1) is 18.0. The molecule has 0 aliphatic carbocycles. The molecule has 0 spiro atoms. The molecule has 6 heteroatoms. The largest absolute Gasteiger partial charge is 1.00 e. The van der Waals surface area contributed by atoms with Crippen molar-refractivity contribution in [2.45, 2.75) is 6.92 Å². The first-order valence-electron chi connectivity index (χ1n) is 5.26. The number of hydrogen-bond donors (Lipinski definition) is 0. The van der Waals surface area contributed by atoms with Gasteiger partial charge in [-0.3, -0.25) is 12.9 Å². The van der Waals surface area contributed by atoms with Crippen LogP contribution in [0, 0.1) is 14.1 Å². The van der Waals surface area contributed by atoms with Gasteiger partial charge in [0.1, 0.15) is 0 Å². The molecule has 0 fully saturated rings. The minimum Gasteiger partial charge on any atom is -1.00 e. The quantitative estimate of drug-likeness (QED) is 0.321. The minimum atomic E-state index is -3.67. The molecule has 0 heterocycles. The molecular weight excluding hydrogens is 370 g/mol. The van der Waals surface area contributed by atoms with Gasteiger partial charge in [0.05, 0.1) is 0 Å². The summed E-state index contributed by atoms with van der Waals surface area (Å²) in [5.41, 5.74) is 1.34. The van der Waals surface area contributed by atoms with Gasteiger partial charge < -0.3 is 4.70 Å². The van der Waals surface area contributed by atoms with Gasteiger partial charge in [-0.25, -0.2) is 0 Å². The Bertz CT molecular complexity index is 445. The molecule has 0 atom stereocenters. The summed E-state index contributed by atoms with van der Waals surface area (Å²) in [5.74, 6) is 0. The highest BCUT2D eigenvalue weighted by atomic mass is 127. The molecule has 0 saturated carbocycles. The fourth-order valence-corrected chi connectivity index (χ4v) is 3.41. The number of hydrogen-bond acceptors (Lipinski definition) is 0. The van der Waals surface area contributed by atoms with E-state index in [1.807, 2.05) is 0 Å². The Hall–Kier alpha value is -1.05. The molecule has 0 bridgehead atoms. The van der Waals surface area contributed by atoms with E-state index in [1.54, 1.807) is 0 Å². The third-order valence-electron chi connectivity index (χ3n) is 1.96. The normalized spacial score (nSPS) is 8.84. The molecule has 0 aromatic heterocycles. The van der Waals surface area contributed by atoms with Gasteiger partial charge >= 0.3 is 28.7 Å². The molecule has 0 radical (unpaired) electrons. The van der Waals surface area contributed by atoms with E-state index in [9.17, 15) is 12.9 Å². The monoisotopic (exact) mass is 382 g/mol. The molecule has 0 aliphatic heterocycles. The third kappa shape index (κ3) is 8.64. The smallest absolute Gasteiger partial charge is 0.762 e. The van der Waals surface area contributed by atoms with Crippen LogP contribution < -0.4 is 25.9 Å². The average Bonchev–Trinajstić information content (AvgIpc) is 2.33. The van der Waals surface area contributed by atoms with Crippen LogP contribution in [-0.2, 0) is 0 Å². The molecule has 2 rings (SSSR count). The molecule has 19 heavy (non-hydrogen) atoms. The van der Waals surface area contributed by atoms with Gasteiger partial charge in [0.15, 0.2) is 7.14 Å². The van der Waals surface area contributed by atoms with Crippen LogP contribution in [0.15, 0.2) is 54.6 Å². The summed E-state index contributed by atoms with van der Waals surface area (Å²) in [5, 5.41) is 0. The van der Waals surface area contributed by atoms with Crippen LogP contribution in [0.1, 0.15) is 5.56 Å². The molecule has 2 aromatic rings. The maximum Gasteiger partial charge on any atom is 0.762 e. The van der Waals surface area contributed by atoms with Crippen molar-refractivity contribution in [2.24, 2.45) is 0 Å². The summed E-state index contributed by atoms with van der Waals surface area (Å²) in [7, 11) is -3.67. The Morgan fingerprint density at radius 1 is 0.789 bits per heavy atom. The number of benzene rings is 2. The lowest BCUT2D eigenvalue weighted by Crippen LogP contribution is -3.61. The summed E-state index contributed by atoms with van der Waals surface area (Å²) < 4.78 is 32.0. The van der Waals surface area contributed by atoms with E-state index in [0.717, 1.165) is 0 Å². The zero-order valence-electron chi connectivity index (χ0n) is 10.2. The fraction of sp³-hybridized carbons (Fsp3) is 0.0769. The molecule has 0 N–H and O–H groups in total. The van der Waals surface area contributed by atoms with E-state index in [4.69, 9.17) is 0 Å². The Morgan fingerprint density at radius 3 is 1.68 bits per heavy atom. The zero-order chi connectivity index (χ0) is 13.4. The van der Waals surface area contributed by atoms with Crippen molar-refractivity contribution in [3.05, 3.63) is 67.3 Å². The van der Waals surface area contributed by atoms with Crippen molar-refractivity contribution >= 4 is 7.54 Å². The van der Waals surface area contributed by atoms with Crippen LogP contribution in [0.25, 0.3) is 0 Å². The first-order valence-corrected chi connectivity index (χ1v) is 7.42. The van der Waals surface area contributed by atoms with Crippen molar-refractivity contribution in [3.63, 3.8) is 0 Å². The molecular formula is C13H12BF4I. The van der Waals surface area contributed by atoms with E-state index in [2.05, 4.69) is 61.5 Å². The van der Waals surface area contributed by atoms with Crippen LogP contribution in [-0.4, -0.2) is 7.54 Å². The molecule has 0 amide bonds. The highest BCUT2D eigenvalue weighted by molar-refractivity contribution is 6.33.